The Kier molecular flexibility index (Phi) is 2.04. The zero-order chi connectivity index (χ0) is 10.1. The highest BCUT2D eigenvalue weighted by atomic mass is 32.1. The van der Waals surface area contributed by atoms with Crippen LogP contribution in [0.15, 0.2) is 53.9 Å². The first-order valence-corrected chi connectivity index (χ1v) is 5.75. The van der Waals surface area contributed by atoms with Gasteiger partial charge in [-0.2, -0.15) is 0 Å². The largest absolute Gasteiger partial charge is 0.144 e. The van der Waals surface area contributed by atoms with Gasteiger partial charge in [0.05, 0.1) is 0 Å². The van der Waals surface area contributed by atoms with Crippen LogP contribution in [0, 0.1) is 6.07 Å². The fourth-order valence-corrected chi connectivity index (χ4v) is 2.50. The molecular formula is C14H9S. The standard InChI is InChI=1S/C14H9S/c1-2-4-11(5-3-1)12-6-7-14-13(10-12)8-9-15-14/h2-10H. The van der Waals surface area contributed by atoms with E-state index in [1.807, 2.05) is 12.1 Å². The van der Waals surface area contributed by atoms with E-state index in [1.54, 1.807) is 11.3 Å². The second kappa shape index (κ2) is 3.52. The summed E-state index contributed by atoms with van der Waals surface area (Å²) in [5.74, 6) is 0. The Bertz CT molecular complexity index is 578. The molecule has 0 aliphatic heterocycles. The number of hydrogen-bond acceptors (Lipinski definition) is 1. The minimum Gasteiger partial charge on any atom is -0.144 e. The summed E-state index contributed by atoms with van der Waals surface area (Å²) in [5.41, 5.74) is 2.52. The summed E-state index contributed by atoms with van der Waals surface area (Å²) < 4.78 is 1.35. The van der Waals surface area contributed by atoms with E-state index in [0.717, 1.165) is 0 Å². The molecule has 0 atom stereocenters. The van der Waals surface area contributed by atoms with Crippen LogP contribution in [0.25, 0.3) is 21.2 Å². The van der Waals surface area contributed by atoms with E-state index in [2.05, 4.69) is 47.8 Å². The predicted octanol–water partition coefficient (Wildman–Crippen LogP) is 4.37. The van der Waals surface area contributed by atoms with Gasteiger partial charge in [0, 0.05) is 4.70 Å². The van der Waals surface area contributed by atoms with Crippen LogP contribution in [0.1, 0.15) is 0 Å². The minimum absolute atomic E-state index is 1.25. The lowest BCUT2D eigenvalue weighted by Gasteiger charge is -2.00. The predicted molar refractivity (Wildman–Crippen MR) is 66.1 cm³/mol. The van der Waals surface area contributed by atoms with Gasteiger partial charge in [0.1, 0.15) is 0 Å². The molecule has 1 heteroatoms. The lowest BCUT2D eigenvalue weighted by molar-refractivity contribution is 1.64. The molecule has 1 aromatic heterocycles. The van der Waals surface area contributed by atoms with Gasteiger partial charge in [0.2, 0.25) is 0 Å². The molecule has 0 fully saturated rings. The van der Waals surface area contributed by atoms with E-state index in [1.165, 1.54) is 21.2 Å². The number of rotatable bonds is 1. The lowest BCUT2D eigenvalue weighted by atomic mass is 10.0. The topological polar surface area (TPSA) is 0 Å². The molecule has 0 unspecified atom stereocenters. The molecular weight excluding hydrogens is 200 g/mol. The van der Waals surface area contributed by atoms with Crippen LogP contribution in [-0.2, 0) is 0 Å². The molecule has 3 aromatic rings. The Morgan fingerprint density at radius 3 is 2.60 bits per heavy atom. The first-order valence-electron chi connectivity index (χ1n) is 4.87. The third-order valence-corrected chi connectivity index (χ3v) is 3.40. The van der Waals surface area contributed by atoms with Crippen LogP contribution in [0.4, 0.5) is 0 Å². The van der Waals surface area contributed by atoms with Crippen molar-refractivity contribution < 1.29 is 0 Å². The number of fused-ring (bicyclic) bond motifs is 1. The molecule has 15 heavy (non-hydrogen) atoms. The molecule has 0 aliphatic rings. The van der Waals surface area contributed by atoms with E-state index < -0.39 is 0 Å². The second-order valence-corrected chi connectivity index (χ2v) is 4.41. The Labute approximate surface area is 92.8 Å². The van der Waals surface area contributed by atoms with Gasteiger partial charge in [-0.05, 0) is 46.2 Å². The third-order valence-electron chi connectivity index (χ3n) is 2.50. The van der Waals surface area contributed by atoms with Crippen molar-refractivity contribution in [1.29, 1.82) is 0 Å². The van der Waals surface area contributed by atoms with E-state index in [9.17, 15) is 0 Å². The maximum atomic E-state index is 3.04. The number of thiophene rings is 1. The van der Waals surface area contributed by atoms with Gasteiger partial charge in [0.25, 0.3) is 0 Å². The summed E-state index contributed by atoms with van der Waals surface area (Å²) in [7, 11) is 0. The SMILES string of the molecule is [c]1ccc(-c2ccc3sccc3c2)cc1. The van der Waals surface area contributed by atoms with Crippen LogP contribution < -0.4 is 0 Å². The molecule has 0 N–H and O–H groups in total. The van der Waals surface area contributed by atoms with Crippen molar-refractivity contribution in [2.45, 2.75) is 0 Å². The number of hydrogen-bond donors (Lipinski definition) is 0. The van der Waals surface area contributed by atoms with Crippen LogP contribution >= 0.6 is 11.3 Å². The highest BCUT2D eigenvalue weighted by Crippen LogP contribution is 2.27. The second-order valence-electron chi connectivity index (χ2n) is 3.46. The van der Waals surface area contributed by atoms with Crippen molar-refractivity contribution >= 4 is 21.4 Å². The number of benzene rings is 2. The highest BCUT2D eigenvalue weighted by molar-refractivity contribution is 7.17. The smallest absolute Gasteiger partial charge is 0.0343 e. The van der Waals surface area contributed by atoms with Gasteiger partial charge >= 0.3 is 0 Å². The molecule has 71 valence electrons. The summed E-state index contributed by atoms with van der Waals surface area (Å²) in [6.07, 6.45) is 0. The van der Waals surface area contributed by atoms with Crippen molar-refractivity contribution in [1.82, 2.24) is 0 Å². The molecule has 3 rings (SSSR count). The molecule has 0 amide bonds. The van der Waals surface area contributed by atoms with Gasteiger partial charge in [-0.1, -0.05) is 30.3 Å². The van der Waals surface area contributed by atoms with E-state index in [-0.39, 0.29) is 0 Å². The zero-order valence-electron chi connectivity index (χ0n) is 8.10. The zero-order valence-corrected chi connectivity index (χ0v) is 8.92. The van der Waals surface area contributed by atoms with Crippen molar-refractivity contribution in [3.8, 4) is 11.1 Å². The Morgan fingerprint density at radius 2 is 1.73 bits per heavy atom. The normalized spacial score (nSPS) is 10.7. The van der Waals surface area contributed by atoms with Crippen molar-refractivity contribution in [2.75, 3.05) is 0 Å². The molecule has 0 saturated carbocycles. The van der Waals surface area contributed by atoms with Crippen LogP contribution in [0.5, 0.6) is 0 Å². The van der Waals surface area contributed by atoms with Gasteiger partial charge in [-0.15, -0.1) is 11.3 Å². The first-order chi connectivity index (χ1) is 7.43. The van der Waals surface area contributed by atoms with E-state index >= 15 is 0 Å². The minimum atomic E-state index is 1.25. The summed E-state index contributed by atoms with van der Waals surface area (Å²) in [6, 6.07) is 19.9. The van der Waals surface area contributed by atoms with E-state index in [0.29, 0.717) is 0 Å². The van der Waals surface area contributed by atoms with Gasteiger partial charge < -0.3 is 0 Å². The van der Waals surface area contributed by atoms with Gasteiger partial charge in [0.15, 0.2) is 0 Å². The van der Waals surface area contributed by atoms with Crippen LogP contribution in [-0.4, -0.2) is 0 Å². The maximum Gasteiger partial charge on any atom is 0.0343 e. The summed E-state index contributed by atoms with van der Waals surface area (Å²) in [6.45, 7) is 0. The van der Waals surface area contributed by atoms with E-state index in [4.69, 9.17) is 0 Å². The van der Waals surface area contributed by atoms with Crippen LogP contribution in [0.2, 0.25) is 0 Å². The molecule has 0 saturated heterocycles. The molecule has 0 nitrogen and oxygen atoms in total. The fraction of sp³-hybridized carbons (Fsp3) is 0. The third kappa shape index (κ3) is 1.55. The summed E-state index contributed by atoms with van der Waals surface area (Å²) in [4.78, 5) is 0. The average molecular weight is 209 g/mol. The monoisotopic (exact) mass is 209 g/mol. The highest BCUT2D eigenvalue weighted by Gasteiger charge is 1.99. The molecule has 0 bridgehead atoms. The quantitative estimate of drug-likeness (QED) is 0.558. The molecule has 0 spiro atoms. The summed E-state index contributed by atoms with van der Waals surface area (Å²) >= 11 is 1.79. The van der Waals surface area contributed by atoms with Crippen molar-refractivity contribution in [2.24, 2.45) is 0 Å². The molecule has 1 radical (unpaired) electrons. The van der Waals surface area contributed by atoms with Gasteiger partial charge in [-0.3, -0.25) is 0 Å². The Hall–Kier alpha value is -1.60. The molecule has 2 aromatic carbocycles. The van der Waals surface area contributed by atoms with Crippen molar-refractivity contribution in [3.63, 3.8) is 0 Å². The molecule has 1 heterocycles. The Morgan fingerprint density at radius 1 is 0.867 bits per heavy atom. The molecule has 0 aliphatic carbocycles. The van der Waals surface area contributed by atoms with Crippen molar-refractivity contribution in [3.05, 3.63) is 60.0 Å². The Balaban J connectivity index is 2.19. The first kappa shape index (κ1) is 8.69. The summed E-state index contributed by atoms with van der Waals surface area (Å²) in [5, 5.41) is 3.46. The lowest BCUT2D eigenvalue weighted by Crippen LogP contribution is -1.75. The van der Waals surface area contributed by atoms with Gasteiger partial charge in [-0.25, -0.2) is 0 Å². The fourth-order valence-electron chi connectivity index (χ4n) is 1.73. The maximum absolute atomic E-state index is 3.04. The van der Waals surface area contributed by atoms with Crippen LogP contribution in [0.3, 0.4) is 0 Å². The average Bonchev–Trinajstić information content (AvgIpc) is 2.77.